The maximum Gasteiger partial charge on any atom is 0.416 e. The fraction of sp³-hybridized carbons (Fsp3) is 0.216. The highest BCUT2D eigenvalue weighted by Crippen LogP contribution is 2.39. The number of nitrogens with one attached hydrogen (secondary N) is 1. The van der Waals surface area contributed by atoms with Crippen molar-refractivity contribution in [3.05, 3.63) is 118 Å². The molecule has 51 heavy (non-hydrogen) atoms. The van der Waals surface area contributed by atoms with E-state index in [0.717, 1.165) is 17.0 Å². The molecule has 4 aromatic carbocycles. The number of alkyl halides is 3. The molecule has 1 aliphatic heterocycles. The zero-order valence-electron chi connectivity index (χ0n) is 27.8. The number of nitrogens with zero attached hydrogens (tertiary/aromatic N) is 2. The summed E-state index contributed by atoms with van der Waals surface area (Å²) in [6.07, 6.45) is -4.94. The number of amides is 3. The van der Waals surface area contributed by atoms with Gasteiger partial charge in [0, 0.05) is 37.8 Å². The summed E-state index contributed by atoms with van der Waals surface area (Å²) in [6.45, 7) is -0.667. The number of carbonyl (C=O) groups is 5. The second-order valence-electron chi connectivity index (χ2n) is 11.9. The SMILES string of the molecule is COc1cccc(C(=O)Nc2ccc(CC(=O)OC[C@@]3(C(=O)O)c4ccccc4C(=O)N3C)cc2C(=O)N(C)C)c1-c1ccc(C(F)(F)F)cc1. The zero-order chi connectivity index (χ0) is 37.2. The maximum atomic E-state index is 13.7. The van der Waals surface area contributed by atoms with Gasteiger partial charge in [-0.2, -0.15) is 13.2 Å². The number of hydrogen-bond acceptors (Lipinski definition) is 7. The molecule has 0 unspecified atom stereocenters. The van der Waals surface area contributed by atoms with Gasteiger partial charge in [0.15, 0.2) is 0 Å². The molecule has 3 amide bonds. The zero-order valence-corrected chi connectivity index (χ0v) is 27.8. The van der Waals surface area contributed by atoms with Crippen molar-refractivity contribution in [2.24, 2.45) is 0 Å². The van der Waals surface area contributed by atoms with E-state index < -0.39 is 53.5 Å². The first-order valence-corrected chi connectivity index (χ1v) is 15.4. The van der Waals surface area contributed by atoms with E-state index >= 15 is 0 Å². The number of halogens is 3. The van der Waals surface area contributed by atoms with Crippen LogP contribution in [0.5, 0.6) is 5.75 Å². The van der Waals surface area contributed by atoms with Crippen molar-refractivity contribution in [1.29, 1.82) is 0 Å². The number of anilines is 1. The van der Waals surface area contributed by atoms with Crippen LogP contribution in [0.2, 0.25) is 0 Å². The summed E-state index contributed by atoms with van der Waals surface area (Å²) in [5.41, 5.74) is -1.49. The molecule has 1 atom stereocenters. The van der Waals surface area contributed by atoms with Crippen molar-refractivity contribution in [2.75, 3.05) is 40.2 Å². The number of methoxy groups -OCH3 is 1. The number of esters is 1. The Labute approximate surface area is 290 Å². The van der Waals surface area contributed by atoms with Gasteiger partial charge < -0.3 is 29.7 Å². The minimum absolute atomic E-state index is 0.00897. The number of hydrogen-bond donors (Lipinski definition) is 2. The van der Waals surface area contributed by atoms with Crippen molar-refractivity contribution in [2.45, 2.75) is 18.1 Å². The van der Waals surface area contributed by atoms with E-state index in [4.69, 9.17) is 9.47 Å². The Bertz CT molecular complexity index is 2050. The van der Waals surface area contributed by atoms with Crippen molar-refractivity contribution in [3.63, 3.8) is 0 Å². The summed E-state index contributed by atoms with van der Waals surface area (Å²) >= 11 is 0. The Morgan fingerprint density at radius 2 is 1.61 bits per heavy atom. The molecule has 2 N–H and O–H groups in total. The van der Waals surface area contributed by atoms with Gasteiger partial charge in [-0.25, -0.2) is 4.79 Å². The number of aliphatic carboxylic acids is 1. The van der Waals surface area contributed by atoms with Crippen LogP contribution < -0.4 is 10.1 Å². The van der Waals surface area contributed by atoms with Gasteiger partial charge in [-0.3, -0.25) is 19.2 Å². The van der Waals surface area contributed by atoms with Crippen molar-refractivity contribution >= 4 is 35.3 Å². The van der Waals surface area contributed by atoms with E-state index in [1.807, 2.05) is 0 Å². The van der Waals surface area contributed by atoms with Crippen LogP contribution in [-0.4, -0.2) is 79.4 Å². The fourth-order valence-corrected chi connectivity index (χ4v) is 5.89. The van der Waals surface area contributed by atoms with E-state index in [-0.39, 0.29) is 51.2 Å². The number of likely N-dealkylation sites (N-methyl/N-ethyl adjacent to an activating group) is 1. The summed E-state index contributed by atoms with van der Waals surface area (Å²) in [6, 6.07) is 19.2. The van der Waals surface area contributed by atoms with E-state index in [0.29, 0.717) is 5.56 Å². The highest BCUT2D eigenvalue weighted by atomic mass is 19.4. The van der Waals surface area contributed by atoms with E-state index in [2.05, 4.69) is 5.32 Å². The number of rotatable bonds is 10. The normalized spacial score (nSPS) is 15.2. The lowest BCUT2D eigenvalue weighted by molar-refractivity contribution is -0.159. The molecule has 5 rings (SSSR count). The van der Waals surface area contributed by atoms with Crippen LogP contribution in [-0.2, 0) is 32.5 Å². The fourth-order valence-electron chi connectivity index (χ4n) is 5.89. The molecule has 0 aliphatic carbocycles. The topological polar surface area (TPSA) is 143 Å². The molecule has 11 nitrogen and oxygen atoms in total. The Hall–Kier alpha value is -6.18. The van der Waals surface area contributed by atoms with Gasteiger partial charge in [-0.05, 0) is 53.6 Å². The molecule has 264 valence electrons. The highest BCUT2D eigenvalue weighted by molar-refractivity contribution is 6.12. The molecule has 1 heterocycles. The average Bonchev–Trinajstić information content (AvgIpc) is 3.32. The molecule has 0 bridgehead atoms. The second-order valence-corrected chi connectivity index (χ2v) is 11.9. The van der Waals surface area contributed by atoms with Crippen LogP contribution in [0.3, 0.4) is 0 Å². The first-order valence-electron chi connectivity index (χ1n) is 15.4. The number of carboxylic acid groups (broad SMARTS) is 1. The third-order valence-corrected chi connectivity index (χ3v) is 8.59. The predicted molar refractivity (Wildman–Crippen MR) is 178 cm³/mol. The molecule has 0 radical (unpaired) electrons. The van der Waals surface area contributed by atoms with Gasteiger partial charge in [0.05, 0.1) is 35.9 Å². The lowest BCUT2D eigenvalue weighted by Crippen LogP contribution is -2.51. The summed E-state index contributed by atoms with van der Waals surface area (Å²) in [7, 11) is 5.65. The van der Waals surface area contributed by atoms with Crippen LogP contribution in [0.25, 0.3) is 11.1 Å². The Morgan fingerprint density at radius 1 is 0.922 bits per heavy atom. The number of carbonyl (C=O) groups excluding carboxylic acids is 4. The van der Waals surface area contributed by atoms with Crippen LogP contribution in [0, 0.1) is 0 Å². The number of ether oxygens (including phenoxy) is 2. The van der Waals surface area contributed by atoms with Gasteiger partial charge in [0.25, 0.3) is 17.7 Å². The minimum atomic E-state index is -4.56. The standard InChI is InChI=1S/C37H32F3N3O8/c1-42(2)33(46)26-18-21(19-30(44)51-20-36(35(48)49)27-10-6-5-8-24(27)34(47)43(36)3)12-17-28(26)41-32(45)25-9-7-11-29(50-4)31(25)22-13-15-23(16-14-22)37(38,39)40/h5-18H,19-20H2,1-4H3,(H,41,45)(H,48,49)/t36-/m0/s1. The lowest BCUT2D eigenvalue weighted by atomic mass is 9.90. The Morgan fingerprint density at radius 3 is 2.24 bits per heavy atom. The summed E-state index contributed by atoms with van der Waals surface area (Å²) in [5, 5.41) is 12.9. The van der Waals surface area contributed by atoms with Crippen LogP contribution in [0.1, 0.15) is 47.8 Å². The lowest BCUT2D eigenvalue weighted by Gasteiger charge is -2.32. The van der Waals surface area contributed by atoms with Gasteiger partial charge >= 0.3 is 18.1 Å². The minimum Gasteiger partial charge on any atom is -0.496 e. The first-order chi connectivity index (χ1) is 24.1. The van der Waals surface area contributed by atoms with Crippen LogP contribution >= 0.6 is 0 Å². The quantitative estimate of drug-likeness (QED) is 0.207. The number of carboxylic acids is 1. The van der Waals surface area contributed by atoms with Crippen molar-refractivity contribution < 1.29 is 51.7 Å². The smallest absolute Gasteiger partial charge is 0.416 e. The molecule has 4 aromatic rings. The monoisotopic (exact) mass is 703 g/mol. The summed E-state index contributed by atoms with van der Waals surface area (Å²) in [5.74, 6) is -3.75. The molecule has 0 aromatic heterocycles. The van der Waals surface area contributed by atoms with Crippen LogP contribution in [0.4, 0.5) is 18.9 Å². The van der Waals surface area contributed by atoms with E-state index in [1.54, 1.807) is 18.2 Å². The maximum absolute atomic E-state index is 13.7. The summed E-state index contributed by atoms with van der Waals surface area (Å²) < 4.78 is 50.5. The highest BCUT2D eigenvalue weighted by Gasteiger charge is 2.54. The molecule has 0 fully saturated rings. The van der Waals surface area contributed by atoms with E-state index in [1.165, 1.54) is 87.8 Å². The first kappa shape index (κ1) is 36.1. The van der Waals surface area contributed by atoms with E-state index in [9.17, 15) is 42.3 Å². The molecule has 0 saturated carbocycles. The molecule has 0 spiro atoms. The van der Waals surface area contributed by atoms with Gasteiger partial charge in [0.2, 0.25) is 5.54 Å². The van der Waals surface area contributed by atoms with Crippen molar-refractivity contribution in [1.82, 2.24) is 9.80 Å². The number of fused-ring (bicyclic) bond motifs is 1. The average molecular weight is 704 g/mol. The van der Waals surface area contributed by atoms with Crippen molar-refractivity contribution in [3.8, 4) is 16.9 Å². The molecular weight excluding hydrogens is 671 g/mol. The molecule has 14 heteroatoms. The third kappa shape index (κ3) is 6.84. The van der Waals surface area contributed by atoms with Gasteiger partial charge in [0.1, 0.15) is 12.4 Å². The van der Waals surface area contributed by atoms with Crippen LogP contribution in [0.15, 0.2) is 84.9 Å². The molecular formula is C37H32F3N3O8. The second kappa shape index (κ2) is 14.0. The van der Waals surface area contributed by atoms with Gasteiger partial charge in [-0.15, -0.1) is 0 Å². The molecule has 1 aliphatic rings. The summed E-state index contributed by atoms with van der Waals surface area (Å²) in [4.78, 5) is 67.6. The van der Waals surface area contributed by atoms with Gasteiger partial charge in [-0.1, -0.05) is 42.5 Å². The third-order valence-electron chi connectivity index (χ3n) is 8.59. The largest absolute Gasteiger partial charge is 0.496 e. The Kier molecular flexibility index (Phi) is 9.90. The predicted octanol–water partition coefficient (Wildman–Crippen LogP) is 5.49. The number of benzene rings is 4. The Balaban J connectivity index is 1.40. The molecule has 0 saturated heterocycles.